The topological polar surface area (TPSA) is 149 Å². The van der Waals surface area contributed by atoms with Crippen LogP contribution in [0.1, 0.15) is 118 Å². The molecule has 5 rings (SSSR count). The van der Waals surface area contributed by atoms with Crippen LogP contribution in [0.25, 0.3) is 0 Å². The summed E-state index contributed by atoms with van der Waals surface area (Å²) >= 11 is 0. The molecule has 266 valence electrons. The van der Waals surface area contributed by atoms with Crippen LogP contribution in [0.5, 0.6) is 0 Å². The second kappa shape index (κ2) is 14.2. The van der Waals surface area contributed by atoms with Gasteiger partial charge in [-0.15, -0.1) is 0 Å². The zero-order chi connectivity index (χ0) is 33.6. The van der Waals surface area contributed by atoms with Crippen LogP contribution in [0, 0.1) is 52.3 Å². The molecule has 15 atom stereocenters. The van der Waals surface area contributed by atoms with Gasteiger partial charge in [0.25, 0.3) is 11.7 Å². The lowest BCUT2D eigenvalue weighted by Gasteiger charge is -2.61. The SMILES string of the molecule is CO[C@]1(C(=O)NC2CC[C@@]3(C)C(CC[C@H]4[C@@H]5CC[C@H]([C@H](C)CCCC(C)C)[C@@]5(C)CC[C@@H]43)C2)C[C@H](O)[C@@H](O)[C@H]([C@H](O)C(O)CO)O1. The van der Waals surface area contributed by atoms with E-state index in [0.717, 1.165) is 54.8 Å². The van der Waals surface area contributed by atoms with Gasteiger partial charge in [0.05, 0.1) is 12.7 Å². The van der Waals surface area contributed by atoms with Crippen molar-refractivity contribution in [2.75, 3.05) is 13.7 Å². The molecule has 4 aliphatic carbocycles. The number of hydrogen-bond acceptors (Lipinski definition) is 8. The molecule has 0 bridgehead atoms. The molecular formula is C37H65NO8. The maximum atomic E-state index is 13.7. The molecule has 1 heterocycles. The van der Waals surface area contributed by atoms with E-state index in [0.29, 0.717) is 11.3 Å². The van der Waals surface area contributed by atoms with Crippen molar-refractivity contribution in [1.29, 1.82) is 0 Å². The van der Waals surface area contributed by atoms with E-state index >= 15 is 0 Å². The molecule has 9 heteroatoms. The molecule has 6 N–H and O–H groups in total. The summed E-state index contributed by atoms with van der Waals surface area (Å²) in [5.41, 5.74) is 0.737. The second-order valence-electron chi connectivity index (χ2n) is 17.2. The predicted molar refractivity (Wildman–Crippen MR) is 175 cm³/mol. The molecule has 9 nitrogen and oxygen atoms in total. The molecule has 4 saturated carbocycles. The van der Waals surface area contributed by atoms with Gasteiger partial charge in [-0.3, -0.25) is 4.79 Å². The number of amides is 1. The van der Waals surface area contributed by atoms with Crippen molar-refractivity contribution in [3.63, 3.8) is 0 Å². The minimum atomic E-state index is -1.93. The number of nitrogens with one attached hydrogen (secondary N) is 1. The van der Waals surface area contributed by atoms with E-state index in [2.05, 4.69) is 39.9 Å². The number of carbonyl (C=O) groups is 1. The van der Waals surface area contributed by atoms with Crippen molar-refractivity contribution in [2.45, 2.75) is 160 Å². The maximum Gasteiger partial charge on any atom is 0.280 e. The highest BCUT2D eigenvalue weighted by Crippen LogP contribution is 2.68. The normalized spacial score (nSPS) is 46.1. The molecular weight excluding hydrogens is 586 g/mol. The van der Waals surface area contributed by atoms with Crippen LogP contribution in [-0.4, -0.2) is 87.5 Å². The summed E-state index contributed by atoms with van der Waals surface area (Å²) in [6, 6.07) is -0.0652. The van der Waals surface area contributed by atoms with Gasteiger partial charge in [0, 0.05) is 19.6 Å². The van der Waals surface area contributed by atoms with E-state index in [9.17, 15) is 30.3 Å². The van der Waals surface area contributed by atoms with Crippen LogP contribution in [-0.2, 0) is 14.3 Å². The number of rotatable bonds is 11. The number of ether oxygens (including phenoxy) is 2. The lowest BCUT2D eigenvalue weighted by Crippen LogP contribution is -2.66. The predicted octanol–water partition coefficient (Wildman–Crippen LogP) is 4.16. The average molecular weight is 652 g/mol. The van der Waals surface area contributed by atoms with Crippen molar-refractivity contribution in [1.82, 2.24) is 5.32 Å². The van der Waals surface area contributed by atoms with Crippen LogP contribution in [0.15, 0.2) is 0 Å². The van der Waals surface area contributed by atoms with Gasteiger partial charge in [-0.1, -0.05) is 53.9 Å². The first-order chi connectivity index (χ1) is 21.7. The third-order valence-electron chi connectivity index (χ3n) is 14.3. The van der Waals surface area contributed by atoms with E-state index in [1.807, 2.05) is 0 Å². The quantitative estimate of drug-likeness (QED) is 0.195. The smallest absolute Gasteiger partial charge is 0.280 e. The Kier molecular flexibility index (Phi) is 11.3. The Bertz CT molecular complexity index is 1040. The highest BCUT2D eigenvalue weighted by molar-refractivity contribution is 5.84. The average Bonchev–Trinajstić information content (AvgIpc) is 3.38. The monoisotopic (exact) mass is 651 g/mol. The van der Waals surface area contributed by atoms with Gasteiger partial charge in [0.2, 0.25) is 0 Å². The number of methoxy groups -OCH3 is 1. The van der Waals surface area contributed by atoms with Gasteiger partial charge < -0.3 is 40.3 Å². The Morgan fingerprint density at radius 3 is 2.33 bits per heavy atom. The minimum Gasteiger partial charge on any atom is -0.394 e. The van der Waals surface area contributed by atoms with Crippen molar-refractivity contribution >= 4 is 5.91 Å². The number of fused-ring (bicyclic) bond motifs is 5. The molecule has 0 radical (unpaired) electrons. The number of hydrogen-bond donors (Lipinski definition) is 6. The number of aliphatic hydroxyl groups is 5. The molecule has 0 aromatic heterocycles. The maximum absolute atomic E-state index is 13.7. The van der Waals surface area contributed by atoms with Crippen LogP contribution < -0.4 is 5.32 Å². The molecule has 0 aromatic carbocycles. The zero-order valence-corrected chi connectivity index (χ0v) is 29.4. The molecule has 3 unspecified atom stereocenters. The van der Waals surface area contributed by atoms with Gasteiger partial charge in [0.1, 0.15) is 24.4 Å². The third-order valence-corrected chi connectivity index (χ3v) is 14.3. The molecule has 5 aliphatic rings. The van der Waals surface area contributed by atoms with E-state index in [4.69, 9.17) is 9.47 Å². The molecule has 1 saturated heterocycles. The highest BCUT2D eigenvalue weighted by atomic mass is 16.7. The molecule has 1 aliphatic heterocycles. The molecule has 46 heavy (non-hydrogen) atoms. The first-order valence-electron chi connectivity index (χ1n) is 18.6. The Hall–Kier alpha value is -0.810. The van der Waals surface area contributed by atoms with Crippen LogP contribution in [0.4, 0.5) is 0 Å². The van der Waals surface area contributed by atoms with Gasteiger partial charge in [0.15, 0.2) is 0 Å². The van der Waals surface area contributed by atoms with Gasteiger partial charge >= 0.3 is 0 Å². The van der Waals surface area contributed by atoms with Crippen molar-refractivity contribution < 1.29 is 39.8 Å². The molecule has 0 aromatic rings. The first kappa shape index (κ1) is 36.5. The van der Waals surface area contributed by atoms with Crippen molar-refractivity contribution in [3.05, 3.63) is 0 Å². The second-order valence-corrected chi connectivity index (χ2v) is 17.2. The number of aliphatic hydroxyl groups excluding tert-OH is 5. The summed E-state index contributed by atoms with van der Waals surface area (Å²) in [4.78, 5) is 13.7. The van der Waals surface area contributed by atoms with Crippen LogP contribution in [0.2, 0.25) is 0 Å². The van der Waals surface area contributed by atoms with Crippen molar-refractivity contribution in [3.8, 4) is 0 Å². The fourth-order valence-corrected chi connectivity index (χ4v) is 11.6. The fraction of sp³-hybridized carbons (Fsp3) is 0.973. The van der Waals surface area contributed by atoms with E-state index in [1.165, 1.54) is 64.9 Å². The van der Waals surface area contributed by atoms with Gasteiger partial charge in [-0.25, -0.2) is 0 Å². The molecule has 1 amide bonds. The third kappa shape index (κ3) is 6.57. The van der Waals surface area contributed by atoms with Crippen molar-refractivity contribution in [2.24, 2.45) is 52.3 Å². The fourth-order valence-electron chi connectivity index (χ4n) is 11.6. The van der Waals surface area contributed by atoms with Gasteiger partial charge in [-0.05, 0) is 110 Å². The summed E-state index contributed by atoms with van der Waals surface area (Å²) in [7, 11) is 1.30. The lowest BCUT2D eigenvalue weighted by atomic mass is 9.44. The standard InChI is InChI=1S/C37H65NO8/c1-21(2)8-7-9-22(3)26-12-13-27-25-11-10-23-18-24(14-16-35(23,4)28(25)15-17-36(26,27)5)38-34(44)37(45-6)19-29(40)31(42)33(46-37)32(43)30(41)20-39/h21-33,39-43H,7-20H2,1-6H3,(H,38,44)/t22-,23?,24?,25+,26-,27+,28+,29+,30?,31-,32-,33-,35+,36-,37-/m1/s1. The Morgan fingerprint density at radius 2 is 1.65 bits per heavy atom. The Labute approximate surface area is 277 Å². The summed E-state index contributed by atoms with van der Waals surface area (Å²) in [6.45, 7) is 11.6. The largest absolute Gasteiger partial charge is 0.394 e. The molecule has 5 fully saturated rings. The summed E-state index contributed by atoms with van der Waals surface area (Å²) in [6.07, 6.45) is 6.66. The first-order valence-corrected chi connectivity index (χ1v) is 18.6. The van der Waals surface area contributed by atoms with E-state index < -0.39 is 48.8 Å². The van der Waals surface area contributed by atoms with E-state index in [1.54, 1.807) is 0 Å². The lowest BCUT2D eigenvalue weighted by molar-refractivity contribution is -0.314. The number of carbonyl (C=O) groups excluding carboxylic acids is 1. The molecule has 0 spiro atoms. The zero-order valence-electron chi connectivity index (χ0n) is 29.4. The van der Waals surface area contributed by atoms with Crippen LogP contribution in [0.3, 0.4) is 0 Å². The minimum absolute atomic E-state index is 0.0652. The van der Waals surface area contributed by atoms with Gasteiger partial charge in [-0.2, -0.15) is 0 Å². The highest BCUT2D eigenvalue weighted by Gasteiger charge is 2.61. The Balaban J connectivity index is 1.22. The van der Waals surface area contributed by atoms with Crippen LogP contribution >= 0.6 is 0 Å². The summed E-state index contributed by atoms with van der Waals surface area (Å²) < 4.78 is 11.4. The summed E-state index contributed by atoms with van der Waals surface area (Å²) in [5.74, 6) is 2.86. The van der Waals surface area contributed by atoms with E-state index in [-0.39, 0.29) is 17.9 Å². The Morgan fingerprint density at radius 1 is 0.957 bits per heavy atom. The summed E-state index contributed by atoms with van der Waals surface area (Å²) in [5, 5.41) is 54.0.